The summed E-state index contributed by atoms with van der Waals surface area (Å²) in [6.07, 6.45) is 3.69. The Kier molecular flexibility index (Phi) is 3.04. The highest BCUT2D eigenvalue weighted by molar-refractivity contribution is 5.54. The first-order chi connectivity index (χ1) is 6.45. The molecular formula is C12H14F2. The highest BCUT2D eigenvalue weighted by atomic mass is 19.3. The van der Waals surface area contributed by atoms with Crippen molar-refractivity contribution in [3.05, 3.63) is 41.0 Å². The fourth-order valence-corrected chi connectivity index (χ4v) is 1.27. The van der Waals surface area contributed by atoms with Crippen molar-refractivity contribution in [3.63, 3.8) is 0 Å². The van der Waals surface area contributed by atoms with E-state index in [1.165, 1.54) is 12.1 Å². The number of benzene rings is 1. The Bertz CT molecular complexity index is 346. The van der Waals surface area contributed by atoms with Crippen LogP contribution in [0.25, 0.3) is 6.08 Å². The molecule has 0 radical (unpaired) electrons. The Morgan fingerprint density at radius 2 is 1.93 bits per heavy atom. The normalized spacial score (nSPS) is 12.4. The van der Waals surface area contributed by atoms with E-state index in [0.717, 1.165) is 18.1 Å². The Morgan fingerprint density at radius 1 is 1.29 bits per heavy atom. The van der Waals surface area contributed by atoms with E-state index in [1.807, 2.05) is 26.0 Å². The van der Waals surface area contributed by atoms with Crippen molar-refractivity contribution in [3.8, 4) is 0 Å². The summed E-state index contributed by atoms with van der Waals surface area (Å²) >= 11 is 0. The topological polar surface area (TPSA) is 0 Å². The third kappa shape index (κ3) is 2.41. The maximum atomic E-state index is 13.0. The van der Waals surface area contributed by atoms with Crippen LogP contribution in [0, 0.1) is 6.92 Å². The lowest BCUT2D eigenvalue weighted by molar-refractivity contribution is 0.0174. The number of hydrogen-bond donors (Lipinski definition) is 0. The van der Waals surface area contributed by atoms with E-state index in [2.05, 4.69) is 0 Å². The van der Waals surface area contributed by atoms with Gasteiger partial charge in [-0.3, -0.25) is 0 Å². The van der Waals surface area contributed by atoms with Gasteiger partial charge in [-0.15, -0.1) is 0 Å². The summed E-state index contributed by atoms with van der Waals surface area (Å²) < 4.78 is 26.0. The van der Waals surface area contributed by atoms with Crippen LogP contribution >= 0.6 is 0 Å². The second-order valence-electron chi connectivity index (χ2n) is 3.46. The molecule has 0 heterocycles. The molecule has 0 nitrogen and oxygen atoms in total. The molecule has 0 saturated heterocycles. The molecule has 76 valence electrons. The minimum Gasteiger partial charge on any atom is -0.202 e. The molecule has 2 heteroatoms. The van der Waals surface area contributed by atoms with E-state index in [9.17, 15) is 8.78 Å². The van der Waals surface area contributed by atoms with Crippen molar-refractivity contribution in [2.24, 2.45) is 0 Å². The number of alkyl halides is 2. The monoisotopic (exact) mass is 196 g/mol. The number of hydrogen-bond acceptors (Lipinski definition) is 0. The Hall–Kier alpha value is -1.18. The molecule has 0 aromatic heterocycles. The van der Waals surface area contributed by atoms with Crippen LogP contribution in [0.4, 0.5) is 8.78 Å². The lowest BCUT2D eigenvalue weighted by Crippen LogP contribution is -2.07. The lowest BCUT2D eigenvalue weighted by Gasteiger charge is -2.12. The average Bonchev–Trinajstić information content (AvgIpc) is 2.07. The minimum absolute atomic E-state index is 0.0659. The van der Waals surface area contributed by atoms with Gasteiger partial charge in [0.1, 0.15) is 0 Å². The first-order valence-corrected chi connectivity index (χ1v) is 4.57. The molecule has 14 heavy (non-hydrogen) atoms. The molecule has 0 atom stereocenters. The summed E-state index contributed by atoms with van der Waals surface area (Å²) in [4.78, 5) is 0. The molecule has 1 aromatic carbocycles. The number of rotatable bonds is 2. The Balaban J connectivity index is 3.19. The van der Waals surface area contributed by atoms with Crippen LogP contribution in [-0.4, -0.2) is 0 Å². The van der Waals surface area contributed by atoms with Gasteiger partial charge in [-0.25, -0.2) is 8.78 Å². The molecule has 0 N–H and O–H groups in total. The molecule has 0 spiro atoms. The number of halogens is 2. The van der Waals surface area contributed by atoms with Gasteiger partial charge in [0, 0.05) is 12.5 Å². The van der Waals surface area contributed by atoms with E-state index < -0.39 is 5.92 Å². The molecule has 0 fully saturated rings. The third-order valence-electron chi connectivity index (χ3n) is 2.13. The molecule has 0 aliphatic rings. The first-order valence-electron chi connectivity index (χ1n) is 4.57. The van der Waals surface area contributed by atoms with Crippen molar-refractivity contribution >= 4 is 6.08 Å². The lowest BCUT2D eigenvalue weighted by atomic mass is 10.0. The van der Waals surface area contributed by atoms with Gasteiger partial charge >= 0.3 is 0 Å². The summed E-state index contributed by atoms with van der Waals surface area (Å²) in [5.41, 5.74) is 1.93. The highest BCUT2D eigenvalue weighted by Gasteiger charge is 2.24. The Labute approximate surface area is 83.3 Å². The van der Waals surface area contributed by atoms with E-state index in [4.69, 9.17) is 0 Å². The number of aryl methyl sites for hydroxylation is 1. The van der Waals surface area contributed by atoms with Crippen LogP contribution in [0.1, 0.15) is 30.5 Å². The molecule has 1 rings (SSSR count). The average molecular weight is 196 g/mol. The van der Waals surface area contributed by atoms with Crippen molar-refractivity contribution in [1.29, 1.82) is 0 Å². The highest BCUT2D eigenvalue weighted by Crippen LogP contribution is 2.28. The minimum atomic E-state index is -2.76. The molecular weight excluding hydrogens is 182 g/mol. The van der Waals surface area contributed by atoms with Gasteiger partial charge in [0.2, 0.25) is 0 Å². The van der Waals surface area contributed by atoms with Crippen LogP contribution in [0.15, 0.2) is 24.3 Å². The molecule has 0 amide bonds. The summed E-state index contributed by atoms with van der Waals surface area (Å²) in [6, 6.07) is 4.74. The van der Waals surface area contributed by atoms with Crippen molar-refractivity contribution < 1.29 is 8.78 Å². The zero-order valence-corrected chi connectivity index (χ0v) is 8.64. The first kappa shape index (κ1) is 10.9. The van der Waals surface area contributed by atoms with Crippen LogP contribution in [0.2, 0.25) is 0 Å². The van der Waals surface area contributed by atoms with E-state index in [0.29, 0.717) is 0 Å². The van der Waals surface area contributed by atoms with Gasteiger partial charge in [-0.2, -0.15) is 0 Å². The predicted molar refractivity (Wildman–Crippen MR) is 55.5 cm³/mol. The molecule has 0 bridgehead atoms. The van der Waals surface area contributed by atoms with E-state index >= 15 is 0 Å². The van der Waals surface area contributed by atoms with Crippen molar-refractivity contribution in [2.75, 3.05) is 0 Å². The third-order valence-corrected chi connectivity index (χ3v) is 2.13. The van der Waals surface area contributed by atoms with E-state index in [-0.39, 0.29) is 5.56 Å². The SMILES string of the molecule is C/C=C\c1cc(C(C)(F)F)ccc1C. The summed E-state index contributed by atoms with van der Waals surface area (Å²) in [6.45, 7) is 4.69. The largest absolute Gasteiger partial charge is 0.270 e. The maximum Gasteiger partial charge on any atom is 0.270 e. The van der Waals surface area contributed by atoms with Gasteiger partial charge in [-0.05, 0) is 31.0 Å². The zero-order chi connectivity index (χ0) is 10.8. The quantitative estimate of drug-likeness (QED) is 0.666. The standard InChI is InChI=1S/C12H14F2/c1-4-5-10-8-11(12(3,13)14)7-6-9(10)2/h4-8H,1-3H3/b5-4-. The summed E-state index contributed by atoms with van der Waals surface area (Å²) in [7, 11) is 0. The maximum absolute atomic E-state index is 13.0. The fourth-order valence-electron chi connectivity index (χ4n) is 1.27. The van der Waals surface area contributed by atoms with Crippen LogP contribution < -0.4 is 0 Å². The number of allylic oxidation sites excluding steroid dienone is 1. The molecule has 0 aliphatic heterocycles. The van der Waals surface area contributed by atoms with Crippen LogP contribution in [-0.2, 0) is 5.92 Å². The second kappa shape index (κ2) is 3.91. The van der Waals surface area contributed by atoms with Gasteiger partial charge < -0.3 is 0 Å². The van der Waals surface area contributed by atoms with Crippen molar-refractivity contribution in [2.45, 2.75) is 26.7 Å². The summed E-state index contributed by atoms with van der Waals surface area (Å²) in [5.74, 6) is -2.76. The van der Waals surface area contributed by atoms with Gasteiger partial charge in [-0.1, -0.05) is 24.3 Å². The zero-order valence-electron chi connectivity index (χ0n) is 8.64. The van der Waals surface area contributed by atoms with Crippen LogP contribution in [0.5, 0.6) is 0 Å². The fraction of sp³-hybridized carbons (Fsp3) is 0.333. The van der Waals surface area contributed by atoms with E-state index in [1.54, 1.807) is 6.07 Å². The molecule has 1 aromatic rings. The predicted octanol–water partition coefficient (Wildman–Crippen LogP) is 4.14. The molecule has 0 aliphatic carbocycles. The molecule has 0 unspecified atom stereocenters. The molecule has 0 saturated carbocycles. The van der Waals surface area contributed by atoms with Gasteiger partial charge in [0.15, 0.2) is 0 Å². The second-order valence-corrected chi connectivity index (χ2v) is 3.46. The summed E-state index contributed by atoms with van der Waals surface area (Å²) in [5, 5.41) is 0. The smallest absolute Gasteiger partial charge is 0.202 e. The van der Waals surface area contributed by atoms with Crippen molar-refractivity contribution in [1.82, 2.24) is 0 Å². The van der Waals surface area contributed by atoms with Crippen LogP contribution in [0.3, 0.4) is 0 Å². The Morgan fingerprint density at radius 3 is 2.43 bits per heavy atom. The van der Waals surface area contributed by atoms with Gasteiger partial charge in [0.25, 0.3) is 5.92 Å². The van der Waals surface area contributed by atoms with Gasteiger partial charge in [0.05, 0.1) is 0 Å².